The topological polar surface area (TPSA) is 21.3 Å². The van der Waals surface area contributed by atoms with Crippen LogP contribution in [0.15, 0.2) is 0 Å². The minimum Gasteiger partial charge on any atom is -0.378 e. The van der Waals surface area contributed by atoms with Crippen molar-refractivity contribution >= 4 is 0 Å². The molecule has 2 fully saturated rings. The molecule has 2 unspecified atom stereocenters. The fraction of sp³-hybridized carbons (Fsp3) is 0.857. The second-order valence-electron chi connectivity index (χ2n) is 4.95. The molecule has 0 radical (unpaired) electrons. The molecule has 2 aliphatic rings. The maximum absolute atomic E-state index is 5.83. The molecule has 1 N–H and O–H groups in total. The largest absolute Gasteiger partial charge is 0.378 e. The maximum atomic E-state index is 5.83. The minimum absolute atomic E-state index is 0.496. The van der Waals surface area contributed by atoms with E-state index in [1.165, 1.54) is 25.7 Å². The second-order valence-corrected chi connectivity index (χ2v) is 4.95. The molecule has 0 heterocycles. The van der Waals surface area contributed by atoms with Crippen molar-refractivity contribution in [1.29, 1.82) is 0 Å². The molecule has 0 aromatic heterocycles. The third-order valence-corrected chi connectivity index (χ3v) is 4.25. The highest BCUT2D eigenvalue weighted by atomic mass is 16.5. The van der Waals surface area contributed by atoms with Crippen molar-refractivity contribution in [2.45, 2.75) is 58.1 Å². The second kappa shape index (κ2) is 5.21. The monoisotopic (exact) mass is 221 g/mol. The summed E-state index contributed by atoms with van der Waals surface area (Å²) >= 11 is 0. The molecule has 2 nitrogen and oxygen atoms in total. The van der Waals surface area contributed by atoms with Crippen molar-refractivity contribution < 1.29 is 4.74 Å². The van der Waals surface area contributed by atoms with Gasteiger partial charge in [0.2, 0.25) is 0 Å². The van der Waals surface area contributed by atoms with Crippen molar-refractivity contribution in [2.75, 3.05) is 13.2 Å². The molecule has 0 saturated heterocycles. The Balaban J connectivity index is 1.76. The Labute approximate surface area is 99.1 Å². The van der Waals surface area contributed by atoms with E-state index in [1.54, 1.807) is 0 Å². The third-order valence-electron chi connectivity index (χ3n) is 4.25. The van der Waals surface area contributed by atoms with Crippen molar-refractivity contribution in [3.05, 3.63) is 0 Å². The van der Waals surface area contributed by atoms with Crippen molar-refractivity contribution in [3.8, 4) is 11.8 Å². The van der Waals surface area contributed by atoms with Crippen LogP contribution in [0.5, 0.6) is 0 Å². The molecule has 2 heteroatoms. The van der Waals surface area contributed by atoms with E-state index in [0.717, 1.165) is 19.6 Å². The Bertz CT molecular complexity index is 285. The molecule has 0 amide bonds. The zero-order valence-corrected chi connectivity index (χ0v) is 10.5. The fourth-order valence-electron chi connectivity index (χ4n) is 3.16. The number of hydrogen-bond acceptors (Lipinski definition) is 2. The zero-order chi connectivity index (χ0) is 11.4. The first-order valence-corrected chi connectivity index (χ1v) is 6.58. The Hall–Kier alpha value is -0.520. The summed E-state index contributed by atoms with van der Waals surface area (Å²) < 4.78 is 5.83. The van der Waals surface area contributed by atoms with Gasteiger partial charge in [-0.25, -0.2) is 0 Å². The summed E-state index contributed by atoms with van der Waals surface area (Å²) in [6.07, 6.45) is 6.80. The highest BCUT2D eigenvalue weighted by Gasteiger charge is 2.58. The van der Waals surface area contributed by atoms with Gasteiger partial charge >= 0.3 is 0 Å². The molecule has 16 heavy (non-hydrogen) atoms. The molecular formula is C14H23NO. The van der Waals surface area contributed by atoms with Crippen LogP contribution in [-0.4, -0.2) is 25.3 Å². The normalized spacial score (nSPS) is 30.1. The molecule has 90 valence electrons. The molecule has 0 aliphatic heterocycles. The first-order chi connectivity index (χ1) is 7.83. The van der Waals surface area contributed by atoms with Gasteiger partial charge in [-0.2, -0.15) is 0 Å². The van der Waals surface area contributed by atoms with Gasteiger partial charge in [-0.3, -0.25) is 0 Å². The van der Waals surface area contributed by atoms with Crippen LogP contribution >= 0.6 is 0 Å². The van der Waals surface area contributed by atoms with Crippen molar-refractivity contribution in [2.24, 2.45) is 5.41 Å². The summed E-state index contributed by atoms with van der Waals surface area (Å²) in [6.45, 7) is 5.90. The van der Waals surface area contributed by atoms with Gasteiger partial charge in [-0.05, 0) is 33.1 Å². The number of ether oxygens (including phenoxy) is 1. The smallest absolute Gasteiger partial charge is 0.0661 e. The van der Waals surface area contributed by atoms with Gasteiger partial charge < -0.3 is 10.1 Å². The Kier molecular flexibility index (Phi) is 3.89. The lowest BCUT2D eigenvalue weighted by molar-refractivity contribution is -0.172. The Morgan fingerprint density at radius 3 is 2.81 bits per heavy atom. The first-order valence-electron chi connectivity index (χ1n) is 6.58. The van der Waals surface area contributed by atoms with Crippen LogP contribution in [-0.2, 0) is 4.74 Å². The third kappa shape index (κ3) is 1.99. The van der Waals surface area contributed by atoms with Crippen molar-refractivity contribution in [1.82, 2.24) is 5.32 Å². The summed E-state index contributed by atoms with van der Waals surface area (Å²) in [4.78, 5) is 0. The van der Waals surface area contributed by atoms with Crippen LogP contribution in [0, 0.1) is 17.3 Å². The van der Waals surface area contributed by atoms with Crippen molar-refractivity contribution in [3.63, 3.8) is 0 Å². The summed E-state index contributed by atoms with van der Waals surface area (Å²) in [7, 11) is 0. The highest BCUT2D eigenvalue weighted by Crippen LogP contribution is 2.57. The van der Waals surface area contributed by atoms with Crippen LogP contribution < -0.4 is 5.32 Å². The number of nitrogens with one attached hydrogen (secondary N) is 1. The summed E-state index contributed by atoms with van der Waals surface area (Å²) in [5, 5.41) is 3.65. The average molecular weight is 221 g/mol. The van der Waals surface area contributed by atoms with E-state index in [-0.39, 0.29) is 0 Å². The summed E-state index contributed by atoms with van der Waals surface area (Å²) in [6, 6.07) is 0.691. The van der Waals surface area contributed by atoms with Crippen LogP contribution in [0.25, 0.3) is 0 Å². The predicted octanol–water partition coefficient (Wildman–Crippen LogP) is 2.34. The highest BCUT2D eigenvalue weighted by molar-refractivity contribution is 5.12. The molecule has 2 atom stereocenters. The lowest BCUT2D eigenvalue weighted by atomic mass is 9.51. The van der Waals surface area contributed by atoms with Gasteiger partial charge in [-0.1, -0.05) is 6.42 Å². The lowest BCUT2D eigenvalue weighted by Crippen LogP contribution is -2.66. The van der Waals surface area contributed by atoms with E-state index in [0.29, 0.717) is 17.6 Å². The van der Waals surface area contributed by atoms with E-state index < -0.39 is 0 Å². The molecule has 2 aliphatic carbocycles. The molecule has 1 spiro atoms. The lowest BCUT2D eigenvalue weighted by Gasteiger charge is -2.61. The summed E-state index contributed by atoms with van der Waals surface area (Å²) in [5.41, 5.74) is 0.496. The van der Waals surface area contributed by atoms with Crippen LogP contribution in [0.1, 0.15) is 46.0 Å². The van der Waals surface area contributed by atoms with Gasteiger partial charge in [0.25, 0.3) is 0 Å². The molecule has 2 saturated carbocycles. The Morgan fingerprint density at radius 2 is 2.25 bits per heavy atom. The van der Waals surface area contributed by atoms with Crippen LogP contribution in [0.2, 0.25) is 0 Å². The van der Waals surface area contributed by atoms with Crippen LogP contribution in [0.3, 0.4) is 0 Å². The molecule has 0 aromatic carbocycles. The van der Waals surface area contributed by atoms with E-state index >= 15 is 0 Å². The van der Waals surface area contributed by atoms with Crippen LogP contribution in [0.4, 0.5) is 0 Å². The van der Waals surface area contributed by atoms with Gasteiger partial charge in [0.05, 0.1) is 6.10 Å². The molecule has 2 rings (SSSR count). The van der Waals surface area contributed by atoms with Gasteiger partial charge in [0, 0.05) is 31.0 Å². The Morgan fingerprint density at radius 1 is 1.44 bits per heavy atom. The fourth-order valence-corrected chi connectivity index (χ4v) is 3.16. The van der Waals surface area contributed by atoms with E-state index in [4.69, 9.17) is 4.74 Å². The van der Waals surface area contributed by atoms with E-state index in [9.17, 15) is 0 Å². The minimum atomic E-state index is 0.496. The standard InChI is InChI=1S/C14H23NO/c1-3-5-6-10-15-12-11-13(16-4-2)14(12)8-7-9-14/h12-13,15H,4,6-11H2,1-2H3. The predicted molar refractivity (Wildman–Crippen MR) is 66.2 cm³/mol. The number of hydrogen-bond donors (Lipinski definition) is 1. The first kappa shape index (κ1) is 12.0. The summed E-state index contributed by atoms with van der Waals surface area (Å²) in [5.74, 6) is 6.05. The molecule has 0 aromatic rings. The zero-order valence-electron chi connectivity index (χ0n) is 10.5. The van der Waals surface area contributed by atoms with E-state index in [1.807, 2.05) is 6.92 Å². The SMILES string of the molecule is CC#CCCNC1CC(OCC)C12CCC2. The average Bonchev–Trinajstić information content (AvgIpc) is 2.18. The van der Waals surface area contributed by atoms with Gasteiger partial charge in [-0.15, -0.1) is 11.8 Å². The van der Waals surface area contributed by atoms with E-state index in [2.05, 4.69) is 24.1 Å². The molecule has 0 bridgehead atoms. The number of rotatable bonds is 5. The molecular weight excluding hydrogens is 198 g/mol. The van der Waals surface area contributed by atoms with Gasteiger partial charge in [0.1, 0.15) is 0 Å². The maximum Gasteiger partial charge on any atom is 0.0661 e. The van der Waals surface area contributed by atoms with Gasteiger partial charge in [0.15, 0.2) is 0 Å². The quantitative estimate of drug-likeness (QED) is 0.568.